The van der Waals surface area contributed by atoms with Gasteiger partial charge in [0.2, 0.25) is 5.91 Å². The van der Waals surface area contributed by atoms with E-state index < -0.39 is 0 Å². The Bertz CT molecular complexity index is 662. The summed E-state index contributed by atoms with van der Waals surface area (Å²) in [5, 5.41) is 2.82. The summed E-state index contributed by atoms with van der Waals surface area (Å²) >= 11 is 4.32. The summed E-state index contributed by atoms with van der Waals surface area (Å²) in [6.07, 6.45) is 8.24. The lowest BCUT2D eigenvalue weighted by Gasteiger charge is -2.04. The maximum Gasteiger partial charge on any atom is 0.248 e. The predicted octanol–water partition coefficient (Wildman–Crippen LogP) is 5.36. The Kier molecular flexibility index (Phi) is 6.95. The summed E-state index contributed by atoms with van der Waals surface area (Å²) in [7, 11) is 0. The van der Waals surface area contributed by atoms with Crippen molar-refractivity contribution in [1.82, 2.24) is 0 Å². The topological polar surface area (TPSA) is 29.1 Å². The molecule has 2 aromatic rings. The fraction of sp³-hybridized carbons (Fsp3) is 0.250. The van der Waals surface area contributed by atoms with Gasteiger partial charge in [-0.2, -0.15) is 0 Å². The molecule has 2 rings (SSSR count). The first-order valence-corrected chi connectivity index (χ1v) is 8.50. The Hall–Kier alpha value is -2.00. The van der Waals surface area contributed by atoms with Gasteiger partial charge in [-0.25, -0.2) is 0 Å². The van der Waals surface area contributed by atoms with Crippen molar-refractivity contribution in [2.24, 2.45) is 0 Å². The molecule has 0 aliphatic carbocycles. The summed E-state index contributed by atoms with van der Waals surface area (Å²) < 4.78 is 0. The fourth-order valence-electron chi connectivity index (χ4n) is 2.30. The van der Waals surface area contributed by atoms with E-state index in [2.05, 4.69) is 49.1 Å². The SMILES string of the molecule is CCCCCc1ccc(/C=C/C(=O)Nc2ccccc2S)cc1. The number of unbranched alkanes of at least 4 members (excludes halogenated alkanes) is 2. The summed E-state index contributed by atoms with van der Waals surface area (Å²) in [5.41, 5.74) is 3.10. The number of rotatable bonds is 7. The molecule has 120 valence electrons. The first-order valence-electron chi connectivity index (χ1n) is 8.05. The quantitative estimate of drug-likeness (QED) is 0.400. The van der Waals surface area contributed by atoms with Gasteiger partial charge in [0.05, 0.1) is 5.69 Å². The van der Waals surface area contributed by atoms with Gasteiger partial charge >= 0.3 is 0 Å². The molecule has 0 saturated heterocycles. The fourth-order valence-corrected chi connectivity index (χ4v) is 2.52. The second kappa shape index (κ2) is 9.21. The van der Waals surface area contributed by atoms with Gasteiger partial charge < -0.3 is 5.32 Å². The van der Waals surface area contributed by atoms with Crippen LogP contribution in [0, 0.1) is 0 Å². The maximum atomic E-state index is 11.9. The van der Waals surface area contributed by atoms with Gasteiger partial charge in [-0.05, 0) is 42.2 Å². The molecule has 1 N–H and O–H groups in total. The van der Waals surface area contributed by atoms with Crippen LogP contribution in [-0.4, -0.2) is 5.91 Å². The number of hydrogen-bond donors (Lipinski definition) is 2. The van der Waals surface area contributed by atoms with Crippen LogP contribution in [-0.2, 0) is 11.2 Å². The minimum absolute atomic E-state index is 0.154. The third kappa shape index (κ3) is 5.95. The van der Waals surface area contributed by atoms with E-state index in [1.165, 1.54) is 24.8 Å². The largest absolute Gasteiger partial charge is 0.321 e. The molecule has 0 heterocycles. The lowest BCUT2D eigenvalue weighted by Crippen LogP contribution is -2.08. The van der Waals surface area contributed by atoms with Crippen molar-refractivity contribution in [2.75, 3.05) is 5.32 Å². The summed E-state index contributed by atoms with van der Waals surface area (Å²) in [4.78, 5) is 12.7. The minimum atomic E-state index is -0.154. The summed E-state index contributed by atoms with van der Waals surface area (Å²) in [6.45, 7) is 2.21. The Morgan fingerprint density at radius 2 is 1.83 bits per heavy atom. The first kappa shape index (κ1) is 17.4. The van der Waals surface area contributed by atoms with Crippen molar-refractivity contribution in [1.29, 1.82) is 0 Å². The molecule has 0 aliphatic heterocycles. The molecule has 0 aromatic heterocycles. The molecule has 0 fully saturated rings. The lowest BCUT2D eigenvalue weighted by molar-refractivity contribution is -0.111. The first-order chi connectivity index (χ1) is 11.2. The maximum absolute atomic E-state index is 11.9. The average molecular weight is 325 g/mol. The van der Waals surface area contributed by atoms with Gasteiger partial charge in [-0.1, -0.05) is 56.2 Å². The third-order valence-electron chi connectivity index (χ3n) is 3.64. The van der Waals surface area contributed by atoms with Crippen LogP contribution in [0.15, 0.2) is 59.5 Å². The van der Waals surface area contributed by atoms with E-state index in [1.807, 2.05) is 30.3 Å². The molecule has 0 unspecified atom stereocenters. The number of thiol groups is 1. The van der Waals surface area contributed by atoms with Gasteiger partial charge in [-0.3, -0.25) is 4.79 Å². The molecule has 1 amide bonds. The molecule has 3 heteroatoms. The number of nitrogens with one attached hydrogen (secondary N) is 1. The summed E-state index contributed by atoms with van der Waals surface area (Å²) in [5.74, 6) is -0.154. The Morgan fingerprint density at radius 3 is 2.52 bits per heavy atom. The van der Waals surface area contributed by atoms with E-state index in [9.17, 15) is 4.79 Å². The van der Waals surface area contributed by atoms with Crippen LogP contribution in [0.2, 0.25) is 0 Å². The van der Waals surface area contributed by atoms with E-state index in [-0.39, 0.29) is 5.91 Å². The molecule has 2 aromatic carbocycles. The Labute approximate surface area is 144 Å². The number of para-hydroxylation sites is 1. The highest BCUT2D eigenvalue weighted by atomic mass is 32.1. The zero-order valence-electron chi connectivity index (χ0n) is 13.5. The highest BCUT2D eigenvalue weighted by molar-refractivity contribution is 7.80. The Balaban J connectivity index is 1.89. The highest BCUT2D eigenvalue weighted by Crippen LogP contribution is 2.18. The van der Waals surface area contributed by atoms with E-state index in [0.29, 0.717) is 0 Å². The number of anilines is 1. The van der Waals surface area contributed by atoms with Crippen LogP contribution in [0.3, 0.4) is 0 Å². The normalized spacial score (nSPS) is 10.9. The van der Waals surface area contributed by atoms with Gasteiger partial charge in [0, 0.05) is 11.0 Å². The van der Waals surface area contributed by atoms with Crippen molar-refractivity contribution in [3.63, 3.8) is 0 Å². The minimum Gasteiger partial charge on any atom is -0.321 e. The second-order valence-electron chi connectivity index (χ2n) is 5.54. The summed E-state index contributed by atoms with van der Waals surface area (Å²) in [6, 6.07) is 15.8. The van der Waals surface area contributed by atoms with Gasteiger partial charge in [0.15, 0.2) is 0 Å². The molecule has 0 spiro atoms. The van der Waals surface area contributed by atoms with Gasteiger partial charge in [-0.15, -0.1) is 12.6 Å². The Morgan fingerprint density at radius 1 is 1.09 bits per heavy atom. The van der Waals surface area contributed by atoms with Crippen LogP contribution in [0.25, 0.3) is 6.08 Å². The third-order valence-corrected chi connectivity index (χ3v) is 4.03. The van der Waals surface area contributed by atoms with Crippen molar-refractivity contribution < 1.29 is 4.79 Å². The molecule has 0 radical (unpaired) electrons. The smallest absolute Gasteiger partial charge is 0.248 e. The van der Waals surface area contributed by atoms with Crippen molar-refractivity contribution in [3.8, 4) is 0 Å². The number of amides is 1. The molecular formula is C20H23NOS. The average Bonchev–Trinajstić information content (AvgIpc) is 2.56. The molecular weight excluding hydrogens is 302 g/mol. The molecule has 23 heavy (non-hydrogen) atoms. The van der Waals surface area contributed by atoms with Crippen molar-refractivity contribution in [3.05, 3.63) is 65.7 Å². The number of aryl methyl sites for hydroxylation is 1. The van der Waals surface area contributed by atoms with Crippen LogP contribution in [0.4, 0.5) is 5.69 Å². The molecule has 0 atom stereocenters. The zero-order chi connectivity index (χ0) is 16.5. The van der Waals surface area contributed by atoms with Gasteiger partial charge in [0.1, 0.15) is 0 Å². The van der Waals surface area contributed by atoms with Crippen molar-refractivity contribution in [2.45, 2.75) is 37.5 Å². The number of carbonyl (C=O) groups is 1. The number of hydrogen-bond acceptors (Lipinski definition) is 2. The molecule has 2 nitrogen and oxygen atoms in total. The van der Waals surface area contributed by atoms with E-state index in [4.69, 9.17) is 0 Å². The monoisotopic (exact) mass is 325 g/mol. The van der Waals surface area contributed by atoms with Crippen LogP contribution >= 0.6 is 12.6 Å². The second-order valence-corrected chi connectivity index (χ2v) is 6.02. The van der Waals surface area contributed by atoms with E-state index >= 15 is 0 Å². The van der Waals surface area contributed by atoms with Gasteiger partial charge in [0.25, 0.3) is 0 Å². The molecule has 0 aliphatic rings. The number of carbonyl (C=O) groups excluding carboxylic acids is 1. The number of benzene rings is 2. The lowest BCUT2D eigenvalue weighted by atomic mass is 10.1. The predicted molar refractivity (Wildman–Crippen MR) is 101 cm³/mol. The molecule has 0 bridgehead atoms. The highest BCUT2D eigenvalue weighted by Gasteiger charge is 2.01. The van der Waals surface area contributed by atoms with E-state index in [0.717, 1.165) is 22.6 Å². The molecule has 0 saturated carbocycles. The van der Waals surface area contributed by atoms with E-state index in [1.54, 1.807) is 6.08 Å². The van der Waals surface area contributed by atoms with Crippen LogP contribution in [0.5, 0.6) is 0 Å². The van der Waals surface area contributed by atoms with Crippen LogP contribution in [0.1, 0.15) is 37.3 Å². The zero-order valence-corrected chi connectivity index (χ0v) is 14.4. The van der Waals surface area contributed by atoms with Crippen LogP contribution < -0.4 is 5.32 Å². The van der Waals surface area contributed by atoms with Crippen molar-refractivity contribution >= 4 is 30.3 Å². The standard InChI is InChI=1S/C20H23NOS/c1-2-3-4-7-16-10-12-17(13-11-16)14-15-20(22)21-18-8-5-6-9-19(18)23/h5-6,8-15,23H,2-4,7H2,1H3,(H,21,22)/b15-14+.